The normalized spacial score (nSPS) is 12.9. The third-order valence-corrected chi connectivity index (χ3v) is 3.06. The molecule has 0 bridgehead atoms. The molecule has 0 aliphatic heterocycles. The molecule has 0 aromatic heterocycles. The molecule has 0 aliphatic carbocycles. The van der Waals surface area contributed by atoms with E-state index < -0.39 is 48.2 Å². The Bertz CT molecular complexity index is 474. The van der Waals surface area contributed by atoms with Gasteiger partial charge in [0.15, 0.2) is 0 Å². The van der Waals surface area contributed by atoms with Crippen molar-refractivity contribution in [3.8, 4) is 0 Å². The van der Waals surface area contributed by atoms with Crippen LogP contribution in [0.1, 0.15) is 38.5 Å². The number of carbonyl (C=O) groups is 5. The third kappa shape index (κ3) is 9.82. The zero-order valence-corrected chi connectivity index (χ0v) is 12.2. The predicted molar refractivity (Wildman–Crippen MR) is 73.7 cm³/mol. The molecule has 0 radical (unpaired) electrons. The number of carbonyl (C=O) groups excluding carboxylic acids is 1. The maximum Gasteiger partial charge on any atom is 0.326 e. The number of carboxylic acids is 4. The van der Waals surface area contributed by atoms with Crippen LogP contribution in [0.5, 0.6) is 0 Å². The first kappa shape index (κ1) is 20.3. The van der Waals surface area contributed by atoms with Gasteiger partial charge in [-0.2, -0.15) is 0 Å². The Labute approximate surface area is 131 Å². The lowest BCUT2D eigenvalue weighted by Crippen LogP contribution is -2.41. The van der Waals surface area contributed by atoms with Gasteiger partial charge in [-0.3, -0.25) is 19.2 Å². The maximum atomic E-state index is 11.6. The van der Waals surface area contributed by atoms with Crippen LogP contribution < -0.4 is 5.32 Å². The first-order valence-electron chi connectivity index (χ1n) is 6.82. The van der Waals surface area contributed by atoms with Gasteiger partial charge in [0, 0.05) is 19.3 Å². The molecule has 2 atom stereocenters. The third-order valence-electron chi connectivity index (χ3n) is 3.06. The second-order valence-electron chi connectivity index (χ2n) is 4.90. The molecule has 0 saturated heterocycles. The van der Waals surface area contributed by atoms with Gasteiger partial charge in [0.25, 0.3) is 0 Å². The van der Waals surface area contributed by atoms with Crippen molar-refractivity contribution in [3.05, 3.63) is 0 Å². The number of hydrogen-bond acceptors (Lipinski definition) is 5. The minimum absolute atomic E-state index is 0.139. The Kier molecular flexibility index (Phi) is 8.97. The second-order valence-corrected chi connectivity index (χ2v) is 4.90. The van der Waals surface area contributed by atoms with E-state index in [1.807, 2.05) is 0 Å². The second kappa shape index (κ2) is 10.1. The van der Waals surface area contributed by atoms with E-state index in [-0.39, 0.29) is 32.1 Å². The maximum absolute atomic E-state index is 11.6. The molecule has 0 spiro atoms. The van der Waals surface area contributed by atoms with Gasteiger partial charge in [-0.25, -0.2) is 4.79 Å². The van der Waals surface area contributed by atoms with Gasteiger partial charge in [0.05, 0.1) is 5.92 Å². The molecule has 0 aromatic rings. The van der Waals surface area contributed by atoms with Crippen LogP contribution >= 0.6 is 0 Å². The van der Waals surface area contributed by atoms with Crippen molar-refractivity contribution in [2.45, 2.75) is 44.6 Å². The van der Waals surface area contributed by atoms with Crippen LogP contribution in [-0.4, -0.2) is 56.3 Å². The Morgan fingerprint density at radius 3 is 1.61 bits per heavy atom. The van der Waals surface area contributed by atoms with Crippen molar-refractivity contribution in [2.75, 3.05) is 0 Å². The topological polar surface area (TPSA) is 178 Å². The number of carboxylic acid groups (broad SMARTS) is 4. The van der Waals surface area contributed by atoms with Gasteiger partial charge in [0.2, 0.25) is 5.91 Å². The fraction of sp³-hybridized carbons (Fsp3) is 0.615. The van der Waals surface area contributed by atoms with Gasteiger partial charge < -0.3 is 25.7 Å². The molecule has 10 heteroatoms. The summed E-state index contributed by atoms with van der Waals surface area (Å²) < 4.78 is 0. The molecule has 10 nitrogen and oxygen atoms in total. The number of rotatable bonds is 12. The summed E-state index contributed by atoms with van der Waals surface area (Å²) >= 11 is 0. The van der Waals surface area contributed by atoms with Crippen LogP contribution in [-0.2, 0) is 24.0 Å². The largest absolute Gasteiger partial charge is 0.481 e. The van der Waals surface area contributed by atoms with Gasteiger partial charge in [-0.1, -0.05) is 0 Å². The van der Waals surface area contributed by atoms with Crippen molar-refractivity contribution in [1.29, 1.82) is 0 Å². The van der Waals surface area contributed by atoms with E-state index in [1.54, 1.807) is 0 Å². The van der Waals surface area contributed by atoms with Gasteiger partial charge in [-0.05, 0) is 19.3 Å². The minimum Gasteiger partial charge on any atom is -0.481 e. The fourth-order valence-electron chi connectivity index (χ4n) is 1.79. The van der Waals surface area contributed by atoms with E-state index >= 15 is 0 Å². The monoisotopic (exact) mass is 333 g/mol. The average Bonchev–Trinajstić information content (AvgIpc) is 2.41. The number of nitrogens with one attached hydrogen (secondary N) is 1. The van der Waals surface area contributed by atoms with Crippen LogP contribution in [0.4, 0.5) is 0 Å². The summed E-state index contributed by atoms with van der Waals surface area (Å²) in [6.07, 6.45) is -1.66. The van der Waals surface area contributed by atoms with Crippen molar-refractivity contribution >= 4 is 29.8 Å². The molecule has 0 heterocycles. The summed E-state index contributed by atoms with van der Waals surface area (Å²) in [4.78, 5) is 54.3. The molecule has 5 N–H and O–H groups in total. The number of aliphatic carboxylic acids is 4. The Balaban J connectivity index is 4.42. The van der Waals surface area contributed by atoms with Crippen molar-refractivity contribution in [3.63, 3.8) is 0 Å². The predicted octanol–water partition coefficient (Wildman–Crippen LogP) is -0.234. The van der Waals surface area contributed by atoms with Crippen molar-refractivity contribution < 1.29 is 44.4 Å². The van der Waals surface area contributed by atoms with Crippen LogP contribution in [0.3, 0.4) is 0 Å². The quantitative estimate of drug-likeness (QED) is 0.322. The molecular formula is C13H19NO9. The number of hydrogen-bond donors (Lipinski definition) is 5. The van der Waals surface area contributed by atoms with E-state index in [0.717, 1.165) is 0 Å². The zero-order chi connectivity index (χ0) is 18.0. The molecule has 0 unspecified atom stereocenters. The highest BCUT2D eigenvalue weighted by Crippen LogP contribution is 2.14. The lowest BCUT2D eigenvalue weighted by molar-refractivity contribution is -0.145. The fourth-order valence-corrected chi connectivity index (χ4v) is 1.79. The number of amides is 1. The molecule has 0 saturated carbocycles. The van der Waals surface area contributed by atoms with E-state index in [0.29, 0.717) is 0 Å². The molecular weight excluding hydrogens is 314 g/mol. The highest BCUT2D eigenvalue weighted by atomic mass is 16.4. The van der Waals surface area contributed by atoms with Crippen LogP contribution in [0.2, 0.25) is 0 Å². The molecule has 130 valence electrons. The van der Waals surface area contributed by atoms with E-state index in [4.69, 9.17) is 20.4 Å². The van der Waals surface area contributed by atoms with E-state index in [2.05, 4.69) is 5.32 Å². The molecule has 0 rings (SSSR count). The van der Waals surface area contributed by atoms with E-state index in [1.165, 1.54) is 0 Å². The van der Waals surface area contributed by atoms with Gasteiger partial charge in [0.1, 0.15) is 6.04 Å². The molecule has 0 aromatic carbocycles. The smallest absolute Gasteiger partial charge is 0.326 e. The van der Waals surface area contributed by atoms with Crippen LogP contribution in [0, 0.1) is 5.92 Å². The Hall–Kier alpha value is -2.65. The first-order valence-corrected chi connectivity index (χ1v) is 6.82. The lowest BCUT2D eigenvalue weighted by Gasteiger charge is -2.15. The summed E-state index contributed by atoms with van der Waals surface area (Å²) in [5.41, 5.74) is 0. The lowest BCUT2D eigenvalue weighted by atomic mass is 9.97. The average molecular weight is 333 g/mol. The van der Waals surface area contributed by atoms with Crippen molar-refractivity contribution in [1.82, 2.24) is 5.32 Å². The Morgan fingerprint density at radius 2 is 1.17 bits per heavy atom. The zero-order valence-electron chi connectivity index (χ0n) is 12.2. The SMILES string of the molecule is O=C(O)CC[C@H](CCC(=O)N[C@H](CCC(=O)O)C(=O)O)C(=O)O. The molecule has 23 heavy (non-hydrogen) atoms. The summed E-state index contributed by atoms with van der Waals surface area (Å²) in [7, 11) is 0. The van der Waals surface area contributed by atoms with Crippen LogP contribution in [0.25, 0.3) is 0 Å². The first-order chi connectivity index (χ1) is 10.6. The molecule has 1 amide bonds. The summed E-state index contributed by atoms with van der Waals surface area (Å²) in [5.74, 6) is -6.74. The summed E-state index contributed by atoms with van der Waals surface area (Å²) in [5, 5.41) is 36.9. The Morgan fingerprint density at radius 1 is 0.696 bits per heavy atom. The van der Waals surface area contributed by atoms with Crippen molar-refractivity contribution in [2.24, 2.45) is 5.92 Å². The van der Waals surface area contributed by atoms with Gasteiger partial charge in [-0.15, -0.1) is 0 Å². The summed E-state index contributed by atoms with van der Waals surface area (Å²) in [6, 6.07) is -1.37. The molecule has 0 aliphatic rings. The highest BCUT2D eigenvalue weighted by molar-refractivity contribution is 5.84. The molecule has 0 fully saturated rings. The van der Waals surface area contributed by atoms with E-state index in [9.17, 15) is 24.0 Å². The highest BCUT2D eigenvalue weighted by Gasteiger charge is 2.23. The summed E-state index contributed by atoms with van der Waals surface area (Å²) in [6.45, 7) is 0. The minimum atomic E-state index is -1.39. The standard InChI is InChI=1S/C13H19NO9/c15-9(14-8(13(22)23)3-6-11(18)19)4-1-7(12(20)21)2-5-10(16)17/h7-8H,1-6H2,(H,14,15)(H,16,17)(H,18,19)(H,20,21)(H,22,23)/t7-,8+/m0/s1. The van der Waals surface area contributed by atoms with Gasteiger partial charge >= 0.3 is 23.9 Å². The van der Waals surface area contributed by atoms with Crippen LogP contribution in [0.15, 0.2) is 0 Å².